The van der Waals surface area contributed by atoms with Crippen molar-refractivity contribution in [3.8, 4) is 5.75 Å². The third kappa shape index (κ3) is 3.64. The minimum Gasteiger partial charge on any atom is -0.491 e. The molecule has 2 aromatic rings. The minimum atomic E-state index is -0.328. The van der Waals surface area contributed by atoms with Crippen LogP contribution in [0.4, 0.5) is 0 Å². The number of carbonyl (C=O) groups excluding carboxylic acids is 1. The fourth-order valence-electron chi connectivity index (χ4n) is 4.31. The summed E-state index contributed by atoms with van der Waals surface area (Å²) in [5.74, 6) is 0.848. The highest BCUT2D eigenvalue weighted by Crippen LogP contribution is 2.33. The second-order valence-corrected chi connectivity index (χ2v) is 7.91. The molecular weight excluding hydrogens is 352 g/mol. The lowest BCUT2D eigenvalue weighted by Gasteiger charge is -2.39. The van der Waals surface area contributed by atoms with Gasteiger partial charge in [-0.3, -0.25) is 4.79 Å². The summed E-state index contributed by atoms with van der Waals surface area (Å²) in [6, 6.07) is 13.7. The second-order valence-electron chi connectivity index (χ2n) is 7.91. The van der Waals surface area contributed by atoms with Gasteiger partial charge in [0, 0.05) is 13.1 Å². The molecule has 0 saturated carbocycles. The van der Waals surface area contributed by atoms with E-state index in [4.69, 9.17) is 4.74 Å². The van der Waals surface area contributed by atoms with Crippen LogP contribution in [0.3, 0.4) is 0 Å². The molecule has 2 aliphatic rings. The van der Waals surface area contributed by atoms with Crippen LogP contribution >= 0.6 is 0 Å². The number of carbonyl (C=O) groups is 1. The maximum absolute atomic E-state index is 13.3. The molecule has 2 heterocycles. The average Bonchev–Trinajstić information content (AvgIpc) is 2.71. The van der Waals surface area contributed by atoms with Crippen molar-refractivity contribution in [2.45, 2.75) is 51.4 Å². The van der Waals surface area contributed by atoms with E-state index in [1.54, 1.807) is 0 Å². The quantitative estimate of drug-likeness (QED) is 0.856. The molecule has 1 amide bonds. The van der Waals surface area contributed by atoms with Crippen LogP contribution in [0.15, 0.2) is 42.5 Å². The normalized spacial score (nSPS) is 21.2. The second kappa shape index (κ2) is 7.94. The van der Waals surface area contributed by atoms with Crippen molar-refractivity contribution in [2.75, 3.05) is 13.2 Å². The smallest absolute Gasteiger partial charge is 0.240 e. The van der Waals surface area contributed by atoms with Crippen LogP contribution in [0.5, 0.6) is 5.75 Å². The van der Waals surface area contributed by atoms with Crippen molar-refractivity contribution in [1.29, 1.82) is 0 Å². The summed E-state index contributed by atoms with van der Waals surface area (Å²) < 4.78 is 5.83. The van der Waals surface area contributed by atoms with Crippen molar-refractivity contribution in [1.82, 2.24) is 10.2 Å². The molecule has 4 rings (SSSR count). The van der Waals surface area contributed by atoms with Gasteiger partial charge in [0.1, 0.15) is 5.75 Å². The van der Waals surface area contributed by atoms with E-state index in [1.165, 1.54) is 16.7 Å². The Bertz CT molecular complexity index is 865. The first-order chi connectivity index (χ1) is 13.6. The van der Waals surface area contributed by atoms with E-state index in [1.807, 2.05) is 43.0 Å². The van der Waals surface area contributed by atoms with Crippen LogP contribution in [0.25, 0.3) is 0 Å². The zero-order valence-corrected chi connectivity index (χ0v) is 16.5. The summed E-state index contributed by atoms with van der Waals surface area (Å²) in [7, 11) is 0. The lowest BCUT2D eigenvalue weighted by Crippen LogP contribution is -2.52. The molecule has 2 aromatic carbocycles. The van der Waals surface area contributed by atoms with Gasteiger partial charge >= 0.3 is 0 Å². The van der Waals surface area contributed by atoms with E-state index in [0.717, 1.165) is 17.7 Å². The SMILES string of the molecule is CC(C)Oc1ccc2c(c1)C(CO)N(C(=O)[C@@H]1Cc3ccccc3CN1)CC2. The molecule has 0 aliphatic carbocycles. The third-order valence-corrected chi connectivity index (χ3v) is 5.68. The fourth-order valence-corrected chi connectivity index (χ4v) is 4.31. The Hall–Kier alpha value is -2.37. The maximum Gasteiger partial charge on any atom is 0.240 e. The van der Waals surface area contributed by atoms with Crippen molar-refractivity contribution < 1.29 is 14.6 Å². The largest absolute Gasteiger partial charge is 0.491 e. The first kappa shape index (κ1) is 19.0. The molecule has 2 N–H and O–H groups in total. The van der Waals surface area contributed by atoms with Crippen molar-refractivity contribution >= 4 is 5.91 Å². The number of amides is 1. The molecule has 0 aromatic heterocycles. The van der Waals surface area contributed by atoms with Gasteiger partial charge in [0.05, 0.1) is 24.8 Å². The fraction of sp³-hybridized carbons (Fsp3) is 0.435. The van der Waals surface area contributed by atoms with Gasteiger partial charge < -0.3 is 20.1 Å². The van der Waals surface area contributed by atoms with E-state index in [-0.39, 0.29) is 30.7 Å². The van der Waals surface area contributed by atoms with Crippen LogP contribution < -0.4 is 10.1 Å². The Morgan fingerprint density at radius 1 is 1.21 bits per heavy atom. The highest BCUT2D eigenvalue weighted by molar-refractivity contribution is 5.83. The maximum atomic E-state index is 13.3. The summed E-state index contributed by atoms with van der Waals surface area (Å²) in [5.41, 5.74) is 4.66. The Labute approximate surface area is 166 Å². The van der Waals surface area contributed by atoms with E-state index < -0.39 is 0 Å². The predicted molar refractivity (Wildman–Crippen MR) is 108 cm³/mol. The number of benzene rings is 2. The zero-order valence-electron chi connectivity index (χ0n) is 16.5. The average molecular weight is 380 g/mol. The first-order valence-corrected chi connectivity index (χ1v) is 10.1. The number of hydrogen-bond acceptors (Lipinski definition) is 4. The van der Waals surface area contributed by atoms with Crippen LogP contribution in [0, 0.1) is 0 Å². The molecule has 0 spiro atoms. The van der Waals surface area contributed by atoms with Crippen LogP contribution in [0.2, 0.25) is 0 Å². The molecule has 0 fully saturated rings. The van der Waals surface area contributed by atoms with Gasteiger partial charge in [0.15, 0.2) is 0 Å². The Morgan fingerprint density at radius 3 is 2.75 bits per heavy atom. The number of rotatable bonds is 4. The molecule has 5 heteroatoms. The molecule has 1 unspecified atom stereocenters. The van der Waals surface area contributed by atoms with Crippen molar-refractivity contribution in [3.63, 3.8) is 0 Å². The Balaban J connectivity index is 1.56. The topological polar surface area (TPSA) is 61.8 Å². The summed E-state index contributed by atoms with van der Waals surface area (Å²) >= 11 is 0. The first-order valence-electron chi connectivity index (χ1n) is 10.1. The van der Waals surface area contributed by atoms with Crippen LogP contribution in [0.1, 0.15) is 42.1 Å². The number of hydrogen-bond donors (Lipinski definition) is 2. The molecule has 0 bridgehead atoms. The molecule has 148 valence electrons. The summed E-state index contributed by atoms with van der Waals surface area (Å²) in [4.78, 5) is 15.2. The highest BCUT2D eigenvalue weighted by atomic mass is 16.5. The van der Waals surface area contributed by atoms with Gasteiger partial charge in [-0.05, 0) is 61.1 Å². The number of ether oxygens (including phenoxy) is 1. The van der Waals surface area contributed by atoms with Crippen LogP contribution in [-0.4, -0.2) is 41.2 Å². The van der Waals surface area contributed by atoms with E-state index in [0.29, 0.717) is 19.5 Å². The lowest BCUT2D eigenvalue weighted by molar-refractivity contribution is -0.137. The molecule has 0 radical (unpaired) electrons. The van der Waals surface area contributed by atoms with Gasteiger partial charge in [0.2, 0.25) is 5.91 Å². The number of nitrogens with one attached hydrogen (secondary N) is 1. The van der Waals surface area contributed by atoms with Crippen molar-refractivity contribution in [2.24, 2.45) is 0 Å². The Morgan fingerprint density at radius 2 is 2.00 bits per heavy atom. The van der Waals surface area contributed by atoms with Gasteiger partial charge in [-0.1, -0.05) is 30.3 Å². The number of aliphatic hydroxyl groups excluding tert-OH is 1. The van der Waals surface area contributed by atoms with E-state index in [9.17, 15) is 9.90 Å². The number of nitrogens with zero attached hydrogens (tertiary/aromatic N) is 1. The van der Waals surface area contributed by atoms with Gasteiger partial charge in [-0.2, -0.15) is 0 Å². The molecule has 5 nitrogen and oxygen atoms in total. The highest BCUT2D eigenvalue weighted by Gasteiger charge is 2.35. The molecule has 2 atom stereocenters. The van der Waals surface area contributed by atoms with Gasteiger partial charge in [0.25, 0.3) is 0 Å². The summed E-state index contributed by atoms with van der Waals surface area (Å²) in [6.45, 7) is 5.22. The molecule has 0 saturated heterocycles. The predicted octanol–water partition coefficient (Wildman–Crippen LogP) is 2.61. The summed E-state index contributed by atoms with van der Waals surface area (Å²) in [5, 5.41) is 13.5. The molecule has 28 heavy (non-hydrogen) atoms. The van der Waals surface area contributed by atoms with Gasteiger partial charge in [-0.25, -0.2) is 0 Å². The number of fused-ring (bicyclic) bond motifs is 2. The Kier molecular flexibility index (Phi) is 5.38. The standard InChI is InChI=1S/C23H28N2O3/c1-15(2)28-19-8-7-16-9-10-25(22(14-26)20(16)12-19)23(27)21-11-17-5-3-4-6-18(17)13-24-21/h3-8,12,15,21-22,24,26H,9-11,13-14H2,1-2H3/t21-,22?/m0/s1. The monoisotopic (exact) mass is 380 g/mol. The molecular formula is C23H28N2O3. The minimum absolute atomic E-state index is 0.0642. The van der Waals surface area contributed by atoms with Gasteiger partial charge in [-0.15, -0.1) is 0 Å². The number of aliphatic hydroxyl groups is 1. The third-order valence-electron chi connectivity index (χ3n) is 5.68. The zero-order chi connectivity index (χ0) is 19.7. The van der Waals surface area contributed by atoms with E-state index in [2.05, 4.69) is 23.5 Å². The summed E-state index contributed by atoms with van der Waals surface area (Å²) in [6.07, 6.45) is 1.56. The lowest BCUT2D eigenvalue weighted by atomic mass is 9.90. The van der Waals surface area contributed by atoms with E-state index >= 15 is 0 Å². The van der Waals surface area contributed by atoms with Crippen molar-refractivity contribution in [3.05, 3.63) is 64.7 Å². The van der Waals surface area contributed by atoms with Crippen LogP contribution in [-0.2, 0) is 24.2 Å². The molecule has 2 aliphatic heterocycles.